The minimum Gasteiger partial charge on any atom is -0.291 e. The number of rotatable bonds is 3. The maximum absolute atomic E-state index is 12.6. The van der Waals surface area contributed by atoms with Crippen LogP contribution in [-0.2, 0) is 0 Å². The maximum atomic E-state index is 12.6. The zero-order valence-corrected chi connectivity index (χ0v) is 14.0. The third kappa shape index (κ3) is 2.93. The maximum Gasteiger partial charge on any atom is 0.284 e. The van der Waals surface area contributed by atoms with Gasteiger partial charge < -0.3 is 0 Å². The number of nitrogens with one attached hydrogen (secondary N) is 1. The van der Waals surface area contributed by atoms with Crippen molar-refractivity contribution in [2.75, 3.05) is 0 Å². The Morgan fingerprint density at radius 3 is 2.58 bits per heavy atom. The molecule has 0 unspecified atom stereocenters. The fourth-order valence-electron chi connectivity index (χ4n) is 2.33. The Labute approximate surface area is 144 Å². The van der Waals surface area contributed by atoms with E-state index >= 15 is 0 Å². The fourth-order valence-corrected chi connectivity index (χ4v) is 2.72. The molecule has 6 nitrogen and oxygen atoms in total. The Morgan fingerprint density at radius 2 is 1.92 bits per heavy atom. The topological polar surface area (TPSA) is 80.9 Å². The van der Waals surface area contributed by atoms with Crippen LogP contribution in [0.15, 0.2) is 57.8 Å². The van der Waals surface area contributed by atoms with Crippen molar-refractivity contribution >= 4 is 34.3 Å². The van der Waals surface area contributed by atoms with Crippen molar-refractivity contribution in [1.29, 1.82) is 0 Å². The first-order chi connectivity index (χ1) is 11.5. The molecule has 0 bridgehead atoms. The Kier molecular flexibility index (Phi) is 4.18. The van der Waals surface area contributed by atoms with Crippen molar-refractivity contribution < 1.29 is 4.92 Å². The van der Waals surface area contributed by atoms with Crippen LogP contribution in [0, 0.1) is 10.1 Å². The molecule has 120 valence electrons. The summed E-state index contributed by atoms with van der Waals surface area (Å²) in [5, 5.41) is 14.7. The molecular formula is C17H12BrN3O3. The molecule has 0 saturated carbocycles. The molecule has 0 aliphatic rings. The van der Waals surface area contributed by atoms with E-state index in [1.807, 2.05) is 18.2 Å². The number of para-hydroxylation sites is 1. The highest BCUT2D eigenvalue weighted by Gasteiger charge is 2.12. The van der Waals surface area contributed by atoms with Gasteiger partial charge in [0.15, 0.2) is 0 Å². The van der Waals surface area contributed by atoms with E-state index in [0.29, 0.717) is 26.3 Å². The highest BCUT2D eigenvalue weighted by atomic mass is 79.9. The molecule has 3 rings (SSSR count). The van der Waals surface area contributed by atoms with Gasteiger partial charge in [-0.15, -0.1) is 0 Å². The van der Waals surface area contributed by atoms with Gasteiger partial charge in [-0.1, -0.05) is 30.8 Å². The minimum atomic E-state index is -0.480. The van der Waals surface area contributed by atoms with E-state index in [-0.39, 0.29) is 11.2 Å². The van der Waals surface area contributed by atoms with E-state index in [2.05, 4.69) is 27.6 Å². The minimum absolute atomic E-state index is 0.0618. The number of halogens is 1. The highest BCUT2D eigenvalue weighted by molar-refractivity contribution is 9.10. The number of aromatic nitrogens is 2. The smallest absolute Gasteiger partial charge is 0.284 e. The molecular weight excluding hydrogens is 374 g/mol. The number of nitro benzene ring substituents is 1. The number of aromatic amines is 1. The molecule has 0 spiro atoms. The summed E-state index contributed by atoms with van der Waals surface area (Å²) in [6, 6.07) is 13.8. The summed E-state index contributed by atoms with van der Waals surface area (Å²) in [6.45, 7) is 3.85. The molecule has 0 amide bonds. The average Bonchev–Trinajstić information content (AvgIpc) is 2.85. The third-order valence-electron chi connectivity index (χ3n) is 3.50. The average molecular weight is 386 g/mol. The van der Waals surface area contributed by atoms with Gasteiger partial charge >= 0.3 is 0 Å². The predicted molar refractivity (Wildman–Crippen MR) is 95.5 cm³/mol. The Hall–Kier alpha value is -2.93. The van der Waals surface area contributed by atoms with E-state index in [9.17, 15) is 14.9 Å². The summed E-state index contributed by atoms with van der Waals surface area (Å²) in [7, 11) is 0. The van der Waals surface area contributed by atoms with Crippen molar-refractivity contribution in [3.63, 3.8) is 0 Å². The normalized spacial score (nSPS) is 11.6. The monoisotopic (exact) mass is 385 g/mol. The lowest BCUT2D eigenvalue weighted by molar-refractivity contribution is -0.385. The molecule has 2 aromatic carbocycles. The largest absolute Gasteiger partial charge is 0.291 e. The van der Waals surface area contributed by atoms with Crippen molar-refractivity contribution in [2.24, 2.45) is 0 Å². The molecule has 0 radical (unpaired) electrons. The highest BCUT2D eigenvalue weighted by Crippen LogP contribution is 2.25. The van der Waals surface area contributed by atoms with Gasteiger partial charge in [0.25, 0.3) is 11.2 Å². The SMILES string of the molecule is C=c1[nH]n(-c2ccccc2)c(=O)c1=Cc1ccc(Br)c([N+](=O)[O-])c1. The van der Waals surface area contributed by atoms with Gasteiger partial charge in [-0.05, 0) is 45.8 Å². The molecule has 24 heavy (non-hydrogen) atoms. The number of nitrogens with zero attached hydrogens (tertiary/aromatic N) is 2. The summed E-state index contributed by atoms with van der Waals surface area (Å²) in [6.07, 6.45) is 1.58. The Balaban J connectivity index is 2.18. The second-order valence-electron chi connectivity index (χ2n) is 5.09. The zero-order valence-electron chi connectivity index (χ0n) is 12.4. The van der Waals surface area contributed by atoms with Gasteiger partial charge in [-0.25, -0.2) is 4.68 Å². The van der Waals surface area contributed by atoms with Crippen molar-refractivity contribution in [3.05, 3.63) is 89.6 Å². The summed E-state index contributed by atoms with van der Waals surface area (Å²) in [4.78, 5) is 23.1. The van der Waals surface area contributed by atoms with Crippen LogP contribution in [0.2, 0.25) is 0 Å². The molecule has 0 atom stereocenters. The number of benzene rings is 2. The van der Waals surface area contributed by atoms with Crippen LogP contribution in [0.3, 0.4) is 0 Å². The molecule has 3 aromatic rings. The van der Waals surface area contributed by atoms with Gasteiger partial charge in [0.2, 0.25) is 0 Å². The Bertz CT molecular complexity index is 1080. The van der Waals surface area contributed by atoms with E-state index in [4.69, 9.17) is 0 Å². The first kappa shape index (κ1) is 15.9. The van der Waals surface area contributed by atoms with Crippen LogP contribution < -0.4 is 16.1 Å². The molecule has 0 fully saturated rings. The fraction of sp³-hybridized carbons (Fsp3) is 0. The third-order valence-corrected chi connectivity index (χ3v) is 4.17. The quantitative estimate of drug-likeness (QED) is 0.553. The second kappa shape index (κ2) is 6.29. The van der Waals surface area contributed by atoms with Crippen LogP contribution in [0.25, 0.3) is 18.3 Å². The first-order valence-electron chi connectivity index (χ1n) is 6.98. The summed E-state index contributed by atoms with van der Waals surface area (Å²) < 4.78 is 1.77. The van der Waals surface area contributed by atoms with E-state index < -0.39 is 4.92 Å². The summed E-state index contributed by atoms with van der Waals surface area (Å²) in [5.41, 5.74) is 0.907. The van der Waals surface area contributed by atoms with Gasteiger partial charge in [-0.3, -0.25) is 20.0 Å². The first-order valence-corrected chi connectivity index (χ1v) is 7.78. The second-order valence-corrected chi connectivity index (χ2v) is 5.95. The number of nitro groups is 1. The molecule has 1 N–H and O–H groups in total. The van der Waals surface area contributed by atoms with E-state index in [0.717, 1.165) is 0 Å². The van der Waals surface area contributed by atoms with Gasteiger partial charge in [0.1, 0.15) is 0 Å². The van der Waals surface area contributed by atoms with Gasteiger partial charge in [0, 0.05) is 6.07 Å². The predicted octanol–water partition coefficient (Wildman–Crippen LogP) is 2.08. The van der Waals surface area contributed by atoms with Crippen molar-refractivity contribution in [2.45, 2.75) is 0 Å². The molecule has 0 aliphatic heterocycles. The van der Waals surface area contributed by atoms with Crippen LogP contribution >= 0.6 is 15.9 Å². The molecule has 7 heteroatoms. The van der Waals surface area contributed by atoms with Crippen LogP contribution in [-0.4, -0.2) is 14.7 Å². The van der Waals surface area contributed by atoms with E-state index in [1.165, 1.54) is 10.7 Å². The van der Waals surface area contributed by atoms with Crippen LogP contribution in [0.1, 0.15) is 5.56 Å². The van der Waals surface area contributed by atoms with Crippen molar-refractivity contribution in [3.8, 4) is 5.69 Å². The lowest BCUT2D eigenvalue weighted by Gasteiger charge is -1.99. The molecule has 0 saturated heterocycles. The van der Waals surface area contributed by atoms with E-state index in [1.54, 1.807) is 30.3 Å². The number of hydrogen-bond acceptors (Lipinski definition) is 3. The molecule has 0 aliphatic carbocycles. The van der Waals surface area contributed by atoms with Crippen molar-refractivity contribution in [1.82, 2.24) is 9.78 Å². The lowest BCUT2D eigenvalue weighted by atomic mass is 10.2. The summed E-state index contributed by atoms with van der Waals surface area (Å²) >= 11 is 3.14. The van der Waals surface area contributed by atoms with Crippen LogP contribution in [0.5, 0.6) is 0 Å². The zero-order chi connectivity index (χ0) is 17.3. The number of hydrogen-bond donors (Lipinski definition) is 1. The van der Waals surface area contributed by atoms with Gasteiger partial charge in [0.05, 0.1) is 25.7 Å². The number of H-pyrrole nitrogens is 1. The lowest BCUT2D eigenvalue weighted by Crippen LogP contribution is -2.33. The molecule has 1 aromatic heterocycles. The standard InChI is InChI=1S/C17H12BrN3O3/c1-11-14(9-12-7-8-15(18)16(10-12)21(23)24)17(22)20(19-11)13-5-3-2-4-6-13/h2-10,19H,1H2. The van der Waals surface area contributed by atoms with Crippen LogP contribution in [0.4, 0.5) is 5.69 Å². The van der Waals surface area contributed by atoms with Gasteiger partial charge in [-0.2, -0.15) is 0 Å². The Morgan fingerprint density at radius 1 is 1.21 bits per heavy atom. The summed E-state index contributed by atoms with van der Waals surface area (Å²) in [5.74, 6) is 0. The molecule has 1 heterocycles.